The van der Waals surface area contributed by atoms with Gasteiger partial charge in [-0.2, -0.15) is 15.0 Å². The number of hydrogen-bond donors (Lipinski definition) is 1. The molecule has 2 N–H and O–H groups in total. The SMILES string of the molecule is Cc1c(Oc2nc(N)nc(N(C)C)n2)cccc1[N+](=O)[O-]. The molecular weight excluding hydrogens is 276 g/mol. The third kappa shape index (κ3) is 3.14. The summed E-state index contributed by atoms with van der Waals surface area (Å²) in [6.07, 6.45) is 0. The molecule has 0 radical (unpaired) electrons. The molecule has 2 aromatic rings. The first-order valence-electron chi connectivity index (χ1n) is 5.99. The van der Waals surface area contributed by atoms with E-state index in [9.17, 15) is 10.1 Å². The Bertz CT molecular complexity index is 689. The van der Waals surface area contributed by atoms with Crippen molar-refractivity contribution in [3.63, 3.8) is 0 Å². The van der Waals surface area contributed by atoms with Gasteiger partial charge in [0.15, 0.2) is 0 Å². The smallest absolute Gasteiger partial charge is 0.328 e. The molecule has 0 atom stereocenters. The molecule has 0 aliphatic carbocycles. The molecule has 1 aromatic heterocycles. The quantitative estimate of drug-likeness (QED) is 0.664. The van der Waals surface area contributed by atoms with Crippen LogP contribution in [-0.2, 0) is 0 Å². The topological polar surface area (TPSA) is 120 Å². The van der Waals surface area contributed by atoms with Crippen LogP contribution < -0.4 is 15.4 Å². The van der Waals surface area contributed by atoms with E-state index in [0.29, 0.717) is 17.3 Å². The average Bonchev–Trinajstić information content (AvgIpc) is 2.40. The monoisotopic (exact) mass is 290 g/mol. The van der Waals surface area contributed by atoms with E-state index in [4.69, 9.17) is 10.5 Å². The second-order valence-corrected chi connectivity index (χ2v) is 4.43. The Morgan fingerprint density at radius 2 is 2.00 bits per heavy atom. The zero-order valence-electron chi connectivity index (χ0n) is 11.8. The molecule has 9 nitrogen and oxygen atoms in total. The van der Waals surface area contributed by atoms with Gasteiger partial charge in [-0.25, -0.2) is 0 Å². The molecule has 1 aromatic carbocycles. The highest BCUT2D eigenvalue weighted by atomic mass is 16.6. The summed E-state index contributed by atoms with van der Waals surface area (Å²) in [5.74, 6) is 0.631. The Kier molecular flexibility index (Phi) is 3.83. The van der Waals surface area contributed by atoms with E-state index in [1.165, 1.54) is 12.1 Å². The van der Waals surface area contributed by atoms with Crippen LogP contribution in [0.1, 0.15) is 5.56 Å². The van der Waals surface area contributed by atoms with Crippen LogP contribution in [0.3, 0.4) is 0 Å². The lowest BCUT2D eigenvalue weighted by Gasteiger charge is -2.12. The van der Waals surface area contributed by atoms with Crippen LogP contribution in [0.25, 0.3) is 0 Å². The summed E-state index contributed by atoms with van der Waals surface area (Å²) < 4.78 is 5.50. The van der Waals surface area contributed by atoms with Gasteiger partial charge in [0.2, 0.25) is 11.9 Å². The lowest BCUT2D eigenvalue weighted by Crippen LogP contribution is -2.15. The van der Waals surface area contributed by atoms with E-state index in [-0.39, 0.29) is 17.6 Å². The van der Waals surface area contributed by atoms with Gasteiger partial charge in [0.25, 0.3) is 5.69 Å². The average molecular weight is 290 g/mol. The van der Waals surface area contributed by atoms with Crippen LogP contribution in [0.5, 0.6) is 11.8 Å². The van der Waals surface area contributed by atoms with Crippen molar-refractivity contribution in [2.75, 3.05) is 24.7 Å². The van der Waals surface area contributed by atoms with Crippen molar-refractivity contribution in [1.29, 1.82) is 0 Å². The number of hydrogen-bond acceptors (Lipinski definition) is 8. The van der Waals surface area contributed by atoms with E-state index >= 15 is 0 Å². The third-order valence-electron chi connectivity index (χ3n) is 2.67. The van der Waals surface area contributed by atoms with Crippen LogP contribution in [0, 0.1) is 17.0 Å². The normalized spacial score (nSPS) is 10.2. The summed E-state index contributed by atoms with van der Waals surface area (Å²) in [7, 11) is 3.49. The van der Waals surface area contributed by atoms with Gasteiger partial charge in [-0.15, -0.1) is 0 Å². The largest absolute Gasteiger partial charge is 0.424 e. The maximum Gasteiger partial charge on any atom is 0.328 e. The molecule has 21 heavy (non-hydrogen) atoms. The highest BCUT2D eigenvalue weighted by Crippen LogP contribution is 2.30. The first-order chi connectivity index (χ1) is 9.88. The number of nitrogen functional groups attached to an aromatic ring is 1. The van der Waals surface area contributed by atoms with Crippen molar-refractivity contribution < 1.29 is 9.66 Å². The third-order valence-corrected chi connectivity index (χ3v) is 2.67. The standard InChI is InChI=1S/C12H14N6O3/c1-7-8(18(19)20)5-4-6-9(7)21-12-15-10(13)14-11(16-12)17(2)3/h4-6H,1-3H3,(H2,13,14,15,16). The van der Waals surface area contributed by atoms with Crippen molar-refractivity contribution >= 4 is 17.6 Å². The summed E-state index contributed by atoms with van der Waals surface area (Å²) >= 11 is 0. The minimum absolute atomic E-state index is 0.00628. The molecule has 2 rings (SSSR count). The molecule has 1 heterocycles. The van der Waals surface area contributed by atoms with Gasteiger partial charge in [-0.1, -0.05) is 6.07 Å². The molecule has 0 saturated heterocycles. The minimum atomic E-state index is -0.477. The Hall–Kier alpha value is -2.97. The summed E-state index contributed by atoms with van der Waals surface area (Å²) in [5, 5.41) is 10.9. The van der Waals surface area contributed by atoms with Crippen molar-refractivity contribution in [2.45, 2.75) is 6.92 Å². The number of anilines is 2. The summed E-state index contributed by atoms with van der Waals surface area (Å²) in [6.45, 7) is 1.59. The number of rotatable bonds is 4. The molecule has 9 heteroatoms. The lowest BCUT2D eigenvalue weighted by atomic mass is 10.2. The van der Waals surface area contributed by atoms with E-state index in [0.717, 1.165) is 0 Å². The van der Waals surface area contributed by atoms with Crippen molar-refractivity contribution in [3.05, 3.63) is 33.9 Å². The van der Waals surface area contributed by atoms with Crippen molar-refractivity contribution in [3.8, 4) is 11.8 Å². The van der Waals surface area contributed by atoms with E-state index in [1.807, 2.05) is 0 Å². The Labute approximate surface area is 120 Å². The molecule has 110 valence electrons. The number of nitro benzene ring substituents is 1. The Morgan fingerprint density at radius 1 is 1.29 bits per heavy atom. The van der Waals surface area contributed by atoms with Gasteiger partial charge in [0.05, 0.1) is 10.5 Å². The lowest BCUT2D eigenvalue weighted by molar-refractivity contribution is -0.385. The van der Waals surface area contributed by atoms with Crippen molar-refractivity contribution in [2.24, 2.45) is 0 Å². The van der Waals surface area contributed by atoms with Gasteiger partial charge in [-0.3, -0.25) is 10.1 Å². The number of benzene rings is 1. The van der Waals surface area contributed by atoms with E-state index < -0.39 is 4.92 Å². The second kappa shape index (κ2) is 5.57. The highest BCUT2D eigenvalue weighted by Gasteiger charge is 2.16. The first kappa shape index (κ1) is 14.4. The summed E-state index contributed by atoms with van der Waals surface area (Å²) in [4.78, 5) is 23.9. The summed E-state index contributed by atoms with van der Waals surface area (Å²) in [5.41, 5.74) is 5.93. The zero-order valence-corrected chi connectivity index (χ0v) is 11.8. The van der Waals surface area contributed by atoms with E-state index in [2.05, 4.69) is 15.0 Å². The Morgan fingerprint density at radius 3 is 2.62 bits per heavy atom. The van der Waals surface area contributed by atoms with Crippen LogP contribution in [0.4, 0.5) is 17.6 Å². The maximum atomic E-state index is 10.9. The van der Waals surface area contributed by atoms with Crippen LogP contribution in [0.2, 0.25) is 0 Å². The van der Waals surface area contributed by atoms with Crippen LogP contribution >= 0.6 is 0 Å². The predicted octanol–water partition coefficient (Wildman–Crippen LogP) is 1.53. The number of ether oxygens (including phenoxy) is 1. The zero-order chi connectivity index (χ0) is 15.6. The van der Waals surface area contributed by atoms with Crippen LogP contribution in [0.15, 0.2) is 18.2 Å². The van der Waals surface area contributed by atoms with E-state index in [1.54, 1.807) is 32.0 Å². The summed E-state index contributed by atoms with van der Waals surface area (Å²) in [6, 6.07) is 4.50. The molecule has 0 aliphatic heterocycles. The number of nitrogens with zero attached hydrogens (tertiary/aromatic N) is 5. The molecule has 0 bridgehead atoms. The number of nitrogens with two attached hydrogens (primary N) is 1. The fraction of sp³-hybridized carbons (Fsp3) is 0.250. The van der Waals surface area contributed by atoms with Crippen LogP contribution in [-0.4, -0.2) is 34.0 Å². The number of aromatic nitrogens is 3. The molecule has 0 saturated carbocycles. The second-order valence-electron chi connectivity index (χ2n) is 4.43. The fourth-order valence-electron chi connectivity index (χ4n) is 1.62. The van der Waals surface area contributed by atoms with Gasteiger partial charge < -0.3 is 15.4 Å². The minimum Gasteiger partial charge on any atom is -0.424 e. The molecule has 0 amide bonds. The van der Waals surface area contributed by atoms with Gasteiger partial charge in [0, 0.05) is 20.2 Å². The van der Waals surface area contributed by atoms with Gasteiger partial charge in [-0.05, 0) is 13.0 Å². The molecular formula is C12H14N6O3. The fourth-order valence-corrected chi connectivity index (χ4v) is 1.62. The predicted molar refractivity (Wildman–Crippen MR) is 76.5 cm³/mol. The van der Waals surface area contributed by atoms with Gasteiger partial charge in [0.1, 0.15) is 5.75 Å². The van der Waals surface area contributed by atoms with Crippen molar-refractivity contribution in [1.82, 2.24) is 15.0 Å². The molecule has 0 unspecified atom stereocenters. The molecule has 0 aliphatic rings. The highest BCUT2D eigenvalue weighted by molar-refractivity contribution is 5.49. The number of nitro groups is 1. The Balaban J connectivity index is 2.39. The molecule has 0 spiro atoms. The van der Waals surface area contributed by atoms with Gasteiger partial charge >= 0.3 is 6.01 Å². The first-order valence-corrected chi connectivity index (χ1v) is 5.99. The maximum absolute atomic E-state index is 10.9. The molecule has 0 fully saturated rings.